The van der Waals surface area contributed by atoms with E-state index in [-0.39, 0.29) is 12.5 Å². The molecule has 0 aromatic heterocycles. The summed E-state index contributed by atoms with van der Waals surface area (Å²) in [5.41, 5.74) is 0.773. The Morgan fingerprint density at radius 1 is 1.25 bits per heavy atom. The molecule has 0 spiro atoms. The number of anilines is 1. The molecule has 20 heavy (non-hydrogen) atoms. The predicted octanol–water partition coefficient (Wildman–Crippen LogP) is 3.50. The van der Waals surface area contributed by atoms with Gasteiger partial charge in [-0.25, -0.2) is 0 Å². The lowest BCUT2D eigenvalue weighted by Crippen LogP contribution is -2.18. The molecule has 106 valence electrons. The highest BCUT2D eigenvalue weighted by atomic mass is 16.5. The van der Waals surface area contributed by atoms with E-state index >= 15 is 0 Å². The SMILES string of the molecule is N#CCOc1ccc(NC(=O)CC2CCCCC2)cc1. The fraction of sp³-hybridized carbons (Fsp3) is 0.500. The van der Waals surface area contributed by atoms with Crippen molar-refractivity contribution >= 4 is 11.6 Å². The van der Waals surface area contributed by atoms with Crippen LogP contribution in [0.25, 0.3) is 0 Å². The van der Waals surface area contributed by atoms with E-state index in [1.54, 1.807) is 24.3 Å². The Morgan fingerprint density at radius 2 is 1.95 bits per heavy atom. The van der Waals surface area contributed by atoms with E-state index in [1.807, 2.05) is 6.07 Å². The van der Waals surface area contributed by atoms with Gasteiger partial charge in [0, 0.05) is 12.1 Å². The average molecular weight is 272 g/mol. The van der Waals surface area contributed by atoms with E-state index in [2.05, 4.69) is 5.32 Å². The second-order valence-corrected chi connectivity index (χ2v) is 5.23. The summed E-state index contributed by atoms with van der Waals surface area (Å²) in [6, 6.07) is 9.03. The van der Waals surface area contributed by atoms with E-state index in [4.69, 9.17) is 10.00 Å². The standard InChI is InChI=1S/C16H20N2O2/c17-10-11-20-15-8-6-14(7-9-15)18-16(19)12-13-4-2-1-3-5-13/h6-9,13H,1-5,11-12H2,(H,18,19). The van der Waals surface area contributed by atoms with Gasteiger partial charge in [0.25, 0.3) is 0 Å². The van der Waals surface area contributed by atoms with Gasteiger partial charge < -0.3 is 10.1 Å². The Hall–Kier alpha value is -2.02. The number of nitrogens with zero attached hydrogens (tertiary/aromatic N) is 1. The van der Waals surface area contributed by atoms with Crippen molar-refractivity contribution in [1.29, 1.82) is 5.26 Å². The first kappa shape index (κ1) is 14.4. The Kier molecular flexibility index (Phi) is 5.43. The highest BCUT2D eigenvalue weighted by molar-refractivity contribution is 5.90. The van der Waals surface area contributed by atoms with Crippen LogP contribution in [0.5, 0.6) is 5.75 Å². The molecule has 0 unspecified atom stereocenters. The van der Waals surface area contributed by atoms with Crippen LogP contribution in [-0.4, -0.2) is 12.5 Å². The molecule has 0 atom stereocenters. The van der Waals surface area contributed by atoms with Crippen LogP contribution in [0, 0.1) is 17.2 Å². The van der Waals surface area contributed by atoms with Gasteiger partial charge in [0.1, 0.15) is 11.8 Å². The number of amides is 1. The Morgan fingerprint density at radius 3 is 2.60 bits per heavy atom. The molecule has 0 bridgehead atoms. The van der Waals surface area contributed by atoms with E-state index in [0.717, 1.165) is 5.69 Å². The second-order valence-electron chi connectivity index (χ2n) is 5.23. The Balaban J connectivity index is 1.80. The molecular weight excluding hydrogens is 252 g/mol. The van der Waals surface area contributed by atoms with Gasteiger partial charge in [0.05, 0.1) is 0 Å². The zero-order chi connectivity index (χ0) is 14.2. The average Bonchev–Trinajstić information content (AvgIpc) is 2.47. The van der Waals surface area contributed by atoms with Crippen LogP contribution in [0.3, 0.4) is 0 Å². The quantitative estimate of drug-likeness (QED) is 0.892. The number of ether oxygens (including phenoxy) is 1. The molecule has 0 radical (unpaired) electrons. The molecule has 1 N–H and O–H groups in total. The number of hydrogen-bond acceptors (Lipinski definition) is 3. The molecule has 1 aromatic rings. The molecule has 1 aliphatic rings. The van der Waals surface area contributed by atoms with Crippen LogP contribution >= 0.6 is 0 Å². The van der Waals surface area contributed by atoms with Crippen molar-refractivity contribution in [3.8, 4) is 11.8 Å². The van der Waals surface area contributed by atoms with Gasteiger partial charge in [0.2, 0.25) is 5.91 Å². The third kappa shape index (κ3) is 4.58. The lowest BCUT2D eigenvalue weighted by Gasteiger charge is -2.20. The van der Waals surface area contributed by atoms with Gasteiger partial charge in [-0.05, 0) is 43.0 Å². The number of rotatable bonds is 5. The van der Waals surface area contributed by atoms with E-state index in [0.29, 0.717) is 18.1 Å². The zero-order valence-electron chi connectivity index (χ0n) is 11.6. The maximum absolute atomic E-state index is 12.0. The third-order valence-electron chi connectivity index (χ3n) is 3.64. The number of carbonyl (C=O) groups is 1. The van der Waals surface area contributed by atoms with Gasteiger partial charge in [0.15, 0.2) is 6.61 Å². The topological polar surface area (TPSA) is 62.1 Å². The number of nitrogens with one attached hydrogen (secondary N) is 1. The minimum Gasteiger partial charge on any atom is -0.479 e. The molecule has 1 amide bonds. The maximum atomic E-state index is 12.0. The number of benzene rings is 1. The highest BCUT2D eigenvalue weighted by Gasteiger charge is 2.16. The van der Waals surface area contributed by atoms with Crippen molar-refractivity contribution in [3.05, 3.63) is 24.3 Å². The molecule has 0 heterocycles. The van der Waals surface area contributed by atoms with Gasteiger partial charge >= 0.3 is 0 Å². The lowest BCUT2D eigenvalue weighted by molar-refractivity contribution is -0.117. The predicted molar refractivity (Wildman–Crippen MR) is 77.4 cm³/mol. The van der Waals surface area contributed by atoms with Crippen LogP contribution in [0.2, 0.25) is 0 Å². The summed E-state index contributed by atoms with van der Waals surface area (Å²) in [5, 5.41) is 11.3. The van der Waals surface area contributed by atoms with Crippen molar-refractivity contribution in [2.75, 3.05) is 11.9 Å². The number of carbonyl (C=O) groups excluding carboxylic acids is 1. The summed E-state index contributed by atoms with van der Waals surface area (Å²) < 4.78 is 5.16. The van der Waals surface area contributed by atoms with Crippen molar-refractivity contribution in [1.82, 2.24) is 0 Å². The molecule has 0 aliphatic heterocycles. The van der Waals surface area contributed by atoms with Crippen LogP contribution in [0.15, 0.2) is 24.3 Å². The molecule has 1 fully saturated rings. The second kappa shape index (κ2) is 7.54. The van der Waals surface area contributed by atoms with Crippen molar-refractivity contribution in [2.45, 2.75) is 38.5 Å². The molecular formula is C16H20N2O2. The van der Waals surface area contributed by atoms with Crippen LogP contribution in [0.4, 0.5) is 5.69 Å². The number of hydrogen-bond donors (Lipinski definition) is 1. The summed E-state index contributed by atoms with van der Waals surface area (Å²) >= 11 is 0. The highest BCUT2D eigenvalue weighted by Crippen LogP contribution is 2.26. The number of nitriles is 1. The first-order chi connectivity index (χ1) is 9.78. The molecule has 2 rings (SSSR count). The Bertz CT molecular complexity index is 470. The van der Waals surface area contributed by atoms with E-state index in [1.165, 1.54) is 32.1 Å². The molecule has 0 saturated heterocycles. The minimum absolute atomic E-state index is 0.0351. The third-order valence-corrected chi connectivity index (χ3v) is 3.64. The molecule has 1 saturated carbocycles. The lowest BCUT2D eigenvalue weighted by atomic mass is 9.87. The van der Waals surface area contributed by atoms with E-state index < -0.39 is 0 Å². The fourth-order valence-corrected chi connectivity index (χ4v) is 2.62. The fourth-order valence-electron chi connectivity index (χ4n) is 2.62. The first-order valence-corrected chi connectivity index (χ1v) is 7.17. The van der Waals surface area contributed by atoms with Crippen LogP contribution in [0.1, 0.15) is 38.5 Å². The minimum atomic E-state index is 0.0351. The van der Waals surface area contributed by atoms with Gasteiger partial charge in [-0.1, -0.05) is 19.3 Å². The van der Waals surface area contributed by atoms with Crippen molar-refractivity contribution in [2.24, 2.45) is 5.92 Å². The zero-order valence-corrected chi connectivity index (χ0v) is 11.6. The van der Waals surface area contributed by atoms with Crippen molar-refractivity contribution in [3.63, 3.8) is 0 Å². The smallest absolute Gasteiger partial charge is 0.224 e. The van der Waals surface area contributed by atoms with Gasteiger partial charge in [-0.15, -0.1) is 0 Å². The normalized spacial score (nSPS) is 15.3. The van der Waals surface area contributed by atoms with Gasteiger partial charge in [-0.2, -0.15) is 5.26 Å². The largest absolute Gasteiger partial charge is 0.479 e. The molecule has 4 heteroatoms. The summed E-state index contributed by atoms with van der Waals surface area (Å²) in [6.07, 6.45) is 6.78. The summed E-state index contributed by atoms with van der Waals surface area (Å²) in [4.78, 5) is 12.0. The van der Waals surface area contributed by atoms with Gasteiger partial charge in [-0.3, -0.25) is 4.79 Å². The Labute approximate surface area is 119 Å². The molecule has 1 aliphatic carbocycles. The van der Waals surface area contributed by atoms with Crippen LogP contribution in [-0.2, 0) is 4.79 Å². The van der Waals surface area contributed by atoms with Crippen LogP contribution < -0.4 is 10.1 Å². The van der Waals surface area contributed by atoms with Crippen molar-refractivity contribution < 1.29 is 9.53 Å². The molecule has 1 aromatic carbocycles. The summed E-state index contributed by atoms with van der Waals surface area (Å²) in [6.45, 7) is 0.0351. The molecule has 4 nitrogen and oxygen atoms in total. The van der Waals surface area contributed by atoms with E-state index in [9.17, 15) is 4.79 Å². The maximum Gasteiger partial charge on any atom is 0.224 e. The first-order valence-electron chi connectivity index (χ1n) is 7.17. The summed E-state index contributed by atoms with van der Waals surface area (Å²) in [5.74, 6) is 1.27. The summed E-state index contributed by atoms with van der Waals surface area (Å²) in [7, 11) is 0. The monoisotopic (exact) mass is 272 g/mol.